The number of hydrogen-bond donors (Lipinski definition) is 2. The lowest BCUT2D eigenvalue weighted by atomic mass is 10.2. The molecule has 7 heteroatoms. The second-order valence-corrected chi connectivity index (χ2v) is 6.34. The maximum Gasteiger partial charge on any atom is 0.294 e. The van der Waals surface area contributed by atoms with Crippen LogP contribution in [0.25, 0.3) is 0 Å². The van der Waals surface area contributed by atoms with E-state index in [0.717, 1.165) is 5.56 Å². The van der Waals surface area contributed by atoms with Gasteiger partial charge >= 0.3 is 0 Å². The van der Waals surface area contributed by atoms with Gasteiger partial charge in [0.15, 0.2) is 5.79 Å². The molecule has 2 N–H and O–H groups in total. The molecule has 0 radical (unpaired) electrons. The Hall–Kier alpha value is -0.990. The molecule has 2 rings (SSSR count). The summed E-state index contributed by atoms with van der Waals surface area (Å²) in [6.45, 7) is 6.06. The molecule has 0 saturated carbocycles. The lowest BCUT2D eigenvalue weighted by molar-refractivity contribution is -0.142. The molecule has 1 saturated heterocycles. The normalized spacial score (nSPS) is 21.1. The first-order valence-corrected chi connectivity index (χ1v) is 7.55. The van der Waals surface area contributed by atoms with E-state index < -0.39 is 15.9 Å². The number of aryl methyl sites for hydroxylation is 1. The van der Waals surface area contributed by atoms with E-state index in [1.165, 1.54) is 12.1 Å². The van der Waals surface area contributed by atoms with Crippen LogP contribution in [0.2, 0.25) is 0 Å². The van der Waals surface area contributed by atoms with Crippen LogP contribution in [0.5, 0.6) is 0 Å². The molecule has 1 aliphatic rings. The van der Waals surface area contributed by atoms with Gasteiger partial charge in [0.25, 0.3) is 10.1 Å². The van der Waals surface area contributed by atoms with Crippen molar-refractivity contribution in [3.05, 3.63) is 29.8 Å². The van der Waals surface area contributed by atoms with Crippen LogP contribution in [0.4, 0.5) is 0 Å². The summed E-state index contributed by atoms with van der Waals surface area (Å²) in [6, 6.07) is 5.99. The van der Waals surface area contributed by atoms with Gasteiger partial charge < -0.3 is 14.6 Å². The third-order valence-electron chi connectivity index (χ3n) is 2.59. The van der Waals surface area contributed by atoms with E-state index in [9.17, 15) is 8.42 Å². The molecule has 0 amide bonds. The van der Waals surface area contributed by atoms with Gasteiger partial charge in [0, 0.05) is 0 Å². The summed E-state index contributed by atoms with van der Waals surface area (Å²) in [5.74, 6) is -0.493. The molecular weight excluding hydrogens is 284 g/mol. The quantitative estimate of drug-likeness (QED) is 0.802. The van der Waals surface area contributed by atoms with E-state index in [1.807, 2.05) is 20.8 Å². The first-order valence-electron chi connectivity index (χ1n) is 6.11. The molecule has 20 heavy (non-hydrogen) atoms. The number of aliphatic hydroxyl groups excluding tert-OH is 1. The largest absolute Gasteiger partial charge is 0.394 e. The zero-order valence-electron chi connectivity index (χ0n) is 11.7. The van der Waals surface area contributed by atoms with E-state index in [2.05, 4.69) is 0 Å². The lowest BCUT2D eigenvalue weighted by Gasteiger charge is -2.15. The monoisotopic (exact) mass is 304 g/mol. The molecule has 114 valence electrons. The van der Waals surface area contributed by atoms with Crippen LogP contribution in [0.1, 0.15) is 19.4 Å². The maximum absolute atomic E-state index is 10.5. The highest BCUT2D eigenvalue weighted by Crippen LogP contribution is 2.21. The van der Waals surface area contributed by atoms with Gasteiger partial charge in [-0.25, -0.2) is 0 Å². The second kappa shape index (κ2) is 6.64. The summed E-state index contributed by atoms with van der Waals surface area (Å²) in [5.41, 5.74) is 0.956. The summed E-state index contributed by atoms with van der Waals surface area (Å²) < 4.78 is 39.9. The number of rotatable bonds is 2. The first-order chi connectivity index (χ1) is 9.14. The molecule has 1 atom stereocenters. The van der Waals surface area contributed by atoms with Crippen molar-refractivity contribution in [3.8, 4) is 0 Å². The summed E-state index contributed by atoms with van der Waals surface area (Å²) in [7, 11) is -4.02. The minimum atomic E-state index is -4.02. The number of aliphatic hydroxyl groups is 1. The van der Waals surface area contributed by atoms with E-state index in [0.29, 0.717) is 6.61 Å². The van der Waals surface area contributed by atoms with Gasteiger partial charge in [-0.3, -0.25) is 4.55 Å². The maximum atomic E-state index is 10.5. The first kappa shape index (κ1) is 17.1. The average molecular weight is 304 g/mol. The highest BCUT2D eigenvalue weighted by Gasteiger charge is 2.31. The Kier molecular flexibility index (Phi) is 5.67. The van der Waals surface area contributed by atoms with Crippen LogP contribution < -0.4 is 0 Å². The van der Waals surface area contributed by atoms with Crippen molar-refractivity contribution in [3.63, 3.8) is 0 Å². The topological polar surface area (TPSA) is 93.1 Å². The molecule has 0 aromatic heterocycles. The van der Waals surface area contributed by atoms with Gasteiger partial charge in [-0.15, -0.1) is 0 Å². The van der Waals surface area contributed by atoms with E-state index in [-0.39, 0.29) is 17.6 Å². The molecule has 1 aromatic carbocycles. The fraction of sp³-hybridized carbons (Fsp3) is 0.538. The number of benzene rings is 1. The minimum absolute atomic E-state index is 0.0451. The van der Waals surface area contributed by atoms with Crippen molar-refractivity contribution in [1.82, 2.24) is 0 Å². The third kappa shape index (κ3) is 5.56. The van der Waals surface area contributed by atoms with E-state index in [1.54, 1.807) is 12.1 Å². The van der Waals surface area contributed by atoms with Crippen LogP contribution in [-0.4, -0.2) is 43.2 Å². The van der Waals surface area contributed by atoms with Gasteiger partial charge in [-0.1, -0.05) is 17.7 Å². The second-order valence-electron chi connectivity index (χ2n) is 4.92. The Balaban J connectivity index is 0.000000204. The number of hydrogen-bond acceptors (Lipinski definition) is 5. The van der Waals surface area contributed by atoms with Crippen LogP contribution in [0.3, 0.4) is 0 Å². The molecule has 1 fully saturated rings. The molecular formula is C13H20O6S. The van der Waals surface area contributed by atoms with Crippen molar-refractivity contribution < 1.29 is 27.6 Å². The van der Waals surface area contributed by atoms with Gasteiger partial charge in [-0.2, -0.15) is 8.42 Å². The Morgan fingerprint density at radius 2 is 1.85 bits per heavy atom. The number of ether oxygens (including phenoxy) is 2. The highest BCUT2D eigenvalue weighted by atomic mass is 32.2. The van der Waals surface area contributed by atoms with Crippen LogP contribution in [0.15, 0.2) is 29.2 Å². The highest BCUT2D eigenvalue weighted by molar-refractivity contribution is 7.85. The third-order valence-corrected chi connectivity index (χ3v) is 3.46. The lowest BCUT2D eigenvalue weighted by Crippen LogP contribution is -2.22. The SMILES string of the molecule is CC1(C)OC[C@@H](CO)O1.Cc1ccc(S(=O)(=O)O)cc1. The van der Waals surface area contributed by atoms with Crippen molar-refractivity contribution >= 4 is 10.1 Å². The molecule has 1 aliphatic heterocycles. The Labute approximate surface area is 119 Å². The van der Waals surface area contributed by atoms with E-state index in [4.69, 9.17) is 19.1 Å². The van der Waals surface area contributed by atoms with Crippen LogP contribution in [0, 0.1) is 6.92 Å². The Bertz CT molecular complexity index is 520. The summed E-state index contributed by atoms with van der Waals surface area (Å²) in [5, 5.41) is 8.59. The zero-order chi connectivity index (χ0) is 15.4. The summed E-state index contributed by atoms with van der Waals surface area (Å²) in [6.07, 6.45) is -0.125. The molecule has 6 nitrogen and oxygen atoms in total. The van der Waals surface area contributed by atoms with E-state index >= 15 is 0 Å². The standard InChI is InChI=1S/C7H8O3S.C6H12O3/c1-6-2-4-7(5-3-6)11(8,9)10;1-6(2)8-4-5(3-7)9-6/h2-5H,1H3,(H,8,9,10);5,7H,3-4H2,1-2H3/t;5-/m.1/s1. The van der Waals surface area contributed by atoms with Crippen molar-refractivity contribution in [2.75, 3.05) is 13.2 Å². The van der Waals surface area contributed by atoms with Gasteiger partial charge in [0.05, 0.1) is 18.1 Å². The Morgan fingerprint density at radius 3 is 2.15 bits per heavy atom. The minimum Gasteiger partial charge on any atom is -0.394 e. The predicted octanol–water partition coefficient (Wildman–Crippen LogP) is 1.37. The predicted molar refractivity (Wildman–Crippen MR) is 73.0 cm³/mol. The molecule has 0 aliphatic carbocycles. The van der Waals surface area contributed by atoms with Crippen molar-refractivity contribution in [2.24, 2.45) is 0 Å². The van der Waals surface area contributed by atoms with Crippen LogP contribution in [-0.2, 0) is 19.6 Å². The van der Waals surface area contributed by atoms with Gasteiger partial charge in [0.2, 0.25) is 0 Å². The average Bonchev–Trinajstić information content (AvgIpc) is 2.69. The van der Waals surface area contributed by atoms with Gasteiger partial charge in [0.1, 0.15) is 6.10 Å². The van der Waals surface area contributed by atoms with Gasteiger partial charge in [-0.05, 0) is 32.9 Å². The smallest absolute Gasteiger partial charge is 0.294 e. The van der Waals surface area contributed by atoms with Crippen LogP contribution >= 0.6 is 0 Å². The summed E-state index contributed by atoms with van der Waals surface area (Å²) >= 11 is 0. The fourth-order valence-corrected chi connectivity index (χ4v) is 2.04. The molecule has 1 aromatic rings. The molecule has 0 bridgehead atoms. The molecule has 0 unspecified atom stereocenters. The fourth-order valence-electron chi connectivity index (χ4n) is 1.56. The Morgan fingerprint density at radius 1 is 1.30 bits per heavy atom. The molecule has 1 heterocycles. The van der Waals surface area contributed by atoms with Crippen molar-refractivity contribution in [2.45, 2.75) is 37.6 Å². The van der Waals surface area contributed by atoms with Crippen molar-refractivity contribution in [1.29, 1.82) is 0 Å². The zero-order valence-corrected chi connectivity index (χ0v) is 12.6. The molecule has 0 spiro atoms. The summed E-state index contributed by atoms with van der Waals surface area (Å²) in [4.78, 5) is -0.0666.